The van der Waals surface area contributed by atoms with Crippen LogP contribution in [0.1, 0.15) is 37.3 Å². The molecule has 1 aromatic rings. The Hall–Kier alpha value is -0.440. The summed E-state index contributed by atoms with van der Waals surface area (Å²) in [5.74, 6) is 0.555. The summed E-state index contributed by atoms with van der Waals surface area (Å²) < 4.78 is 0. The Morgan fingerprint density at radius 3 is 2.53 bits per heavy atom. The molecule has 0 heterocycles. The molecule has 1 unspecified atom stereocenters. The van der Waals surface area contributed by atoms with Crippen molar-refractivity contribution >= 4 is 24.0 Å². The van der Waals surface area contributed by atoms with Crippen LogP contribution in [0.25, 0.3) is 0 Å². The lowest BCUT2D eigenvalue weighted by molar-refractivity contribution is 0.468. The number of hydrogen-bond acceptors (Lipinski definition) is 2. The summed E-state index contributed by atoms with van der Waals surface area (Å²) in [6, 6.07) is 3.74. The predicted octanol–water partition coefficient (Wildman–Crippen LogP) is 3.44. The molecule has 2 nitrogen and oxygen atoms in total. The standard InChI is InChI=1S/C11H16ClNO.ClH/c1-3-7(2)8-4-9(6-13)11(14)10(12)5-8;/h4-5,7,14H,3,6,13H2,1-2H3;1H. The Labute approximate surface area is 102 Å². The second-order valence-electron chi connectivity index (χ2n) is 3.52. The molecule has 86 valence electrons. The van der Waals surface area contributed by atoms with Crippen molar-refractivity contribution in [2.24, 2.45) is 5.73 Å². The van der Waals surface area contributed by atoms with Gasteiger partial charge in [0.25, 0.3) is 0 Å². The molecule has 0 fully saturated rings. The molecule has 0 aliphatic heterocycles. The molecule has 1 atom stereocenters. The van der Waals surface area contributed by atoms with Gasteiger partial charge in [-0.2, -0.15) is 0 Å². The van der Waals surface area contributed by atoms with Crippen LogP contribution in [0.2, 0.25) is 5.02 Å². The van der Waals surface area contributed by atoms with Gasteiger partial charge in [0.2, 0.25) is 0 Å². The number of aromatic hydroxyl groups is 1. The summed E-state index contributed by atoms with van der Waals surface area (Å²) in [4.78, 5) is 0. The molecule has 0 spiro atoms. The molecule has 0 bridgehead atoms. The molecule has 0 amide bonds. The van der Waals surface area contributed by atoms with Gasteiger partial charge >= 0.3 is 0 Å². The van der Waals surface area contributed by atoms with Gasteiger partial charge in [-0.3, -0.25) is 0 Å². The van der Waals surface area contributed by atoms with E-state index >= 15 is 0 Å². The lowest BCUT2D eigenvalue weighted by Gasteiger charge is -2.12. The first kappa shape index (κ1) is 14.6. The third-order valence-electron chi connectivity index (χ3n) is 2.57. The minimum atomic E-state index is 0. The van der Waals surface area contributed by atoms with E-state index in [1.807, 2.05) is 12.1 Å². The van der Waals surface area contributed by atoms with Gasteiger partial charge in [0.1, 0.15) is 5.75 Å². The summed E-state index contributed by atoms with van der Waals surface area (Å²) in [5, 5.41) is 9.96. The number of halogens is 2. The van der Waals surface area contributed by atoms with Crippen LogP contribution in [0.15, 0.2) is 12.1 Å². The molecule has 0 radical (unpaired) electrons. The maximum absolute atomic E-state index is 9.56. The van der Waals surface area contributed by atoms with E-state index in [1.165, 1.54) is 0 Å². The monoisotopic (exact) mass is 249 g/mol. The highest BCUT2D eigenvalue weighted by Crippen LogP contribution is 2.32. The largest absolute Gasteiger partial charge is 0.506 e. The first-order valence-corrected chi connectivity index (χ1v) is 5.19. The van der Waals surface area contributed by atoms with Gasteiger partial charge in [0.05, 0.1) is 5.02 Å². The fourth-order valence-electron chi connectivity index (χ4n) is 1.36. The fourth-order valence-corrected chi connectivity index (χ4v) is 1.60. The predicted molar refractivity (Wildman–Crippen MR) is 67.0 cm³/mol. The first-order valence-electron chi connectivity index (χ1n) is 4.81. The van der Waals surface area contributed by atoms with Crippen LogP contribution < -0.4 is 5.73 Å². The molecular weight excluding hydrogens is 233 g/mol. The van der Waals surface area contributed by atoms with Gasteiger partial charge in [-0.25, -0.2) is 0 Å². The minimum absolute atomic E-state index is 0. The maximum Gasteiger partial charge on any atom is 0.138 e. The molecule has 1 aromatic carbocycles. The SMILES string of the molecule is CCC(C)c1cc(Cl)c(O)c(CN)c1.Cl. The molecule has 4 heteroatoms. The van der Waals surface area contributed by atoms with Crippen LogP contribution in [0.4, 0.5) is 0 Å². The van der Waals surface area contributed by atoms with Gasteiger partial charge in [-0.15, -0.1) is 12.4 Å². The van der Waals surface area contributed by atoms with Crippen molar-refractivity contribution in [3.63, 3.8) is 0 Å². The third-order valence-corrected chi connectivity index (χ3v) is 2.85. The average molecular weight is 250 g/mol. The highest BCUT2D eigenvalue weighted by atomic mass is 35.5. The minimum Gasteiger partial charge on any atom is -0.506 e. The van der Waals surface area contributed by atoms with E-state index in [2.05, 4.69) is 13.8 Å². The van der Waals surface area contributed by atoms with Crippen LogP contribution >= 0.6 is 24.0 Å². The first-order chi connectivity index (χ1) is 6.60. The summed E-state index contributed by atoms with van der Waals surface area (Å²) in [6.45, 7) is 4.56. The second kappa shape index (κ2) is 6.21. The van der Waals surface area contributed by atoms with Crippen LogP contribution in [-0.4, -0.2) is 5.11 Å². The normalized spacial score (nSPS) is 12.0. The average Bonchev–Trinajstić information content (AvgIpc) is 2.20. The van der Waals surface area contributed by atoms with Crippen molar-refractivity contribution in [1.82, 2.24) is 0 Å². The summed E-state index contributed by atoms with van der Waals surface area (Å²) in [7, 11) is 0. The summed E-state index contributed by atoms with van der Waals surface area (Å²) in [6.07, 6.45) is 1.05. The Bertz CT molecular complexity index is 329. The van der Waals surface area contributed by atoms with Crippen molar-refractivity contribution < 1.29 is 5.11 Å². The zero-order valence-electron chi connectivity index (χ0n) is 8.96. The van der Waals surface area contributed by atoms with Crippen molar-refractivity contribution in [2.45, 2.75) is 32.7 Å². The van der Waals surface area contributed by atoms with E-state index in [-0.39, 0.29) is 18.2 Å². The Morgan fingerprint density at radius 1 is 1.47 bits per heavy atom. The highest BCUT2D eigenvalue weighted by Gasteiger charge is 2.10. The number of phenolic OH excluding ortho intramolecular Hbond substituents is 1. The van der Waals surface area contributed by atoms with Crippen molar-refractivity contribution in [3.05, 3.63) is 28.3 Å². The van der Waals surface area contributed by atoms with Gasteiger partial charge in [-0.05, 0) is 24.0 Å². The van der Waals surface area contributed by atoms with Crippen LogP contribution in [-0.2, 0) is 6.54 Å². The Morgan fingerprint density at radius 2 is 2.07 bits per heavy atom. The Balaban J connectivity index is 0.00000196. The van der Waals surface area contributed by atoms with Gasteiger partial charge in [0, 0.05) is 12.1 Å². The zero-order valence-corrected chi connectivity index (χ0v) is 10.5. The molecule has 0 aliphatic rings. The molecule has 0 aromatic heterocycles. The topological polar surface area (TPSA) is 46.2 Å². The van der Waals surface area contributed by atoms with Gasteiger partial charge in [-0.1, -0.05) is 31.5 Å². The van der Waals surface area contributed by atoms with Gasteiger partial charge in [0.15, 0.2) is 0 Å². The smallest absolute Gasteiger partial charge is 0.138 e. The van der Waals surface area contributed by atoms with Crippen molar-refractivity contribution in [2.75, 3.05) is 0 Å². The summed E-state index contributed by atoms with van der Waals surface area (Å²) in [5.41, 5.74) is 7.36. The van der Waals surface area contributed by atoms with E-state index in [0.29, 0.717) is 23.0 Å². The van der Waals surface area contributed by atoms with Crippen LogP contribution in [0.5, 0.6) is 5.75 Å². The fraction of sp³-hybridized carbons (Fsp3) is 0.455. The van der Waals surface area contributed by atoms with E-state index in [9.17, 15) is 5.11 Å². The molecule has 15 heavy (non-hydrogen) atoms. The molecule has 0 saturated carbocycles. The summed E-state index contributed by atoms with van der Waals surface area (Å²) >= 11 is 5.89. The van der Waals surface area contributed by atoms with Crippen LogP contribution in [0, 0.1) is 0 Å². The van der Waals surface area contributed by atoms with E-state index < -0.39 is 0 Å². The van der Waals surface area contributed by atoms with E-state index in [4.69, 9.17) is 17.3 Å². The van der Waals surface area contributed by atoms with Crippen molar-refractivity contribution in [1.29, 1.82) is 0 Å². The number of phenols is 1. The van der Waals surface area contributed by atoms with Crippen molar-refractivity contribution in [3.8, 4) is 5.75 Å². The number of rotatable bonds is 3. The second-order valence-corrected chi connectivity index (χ2v) is 3.93. The maximum atomic E-state index is 9.56. The number of benzene rings is 1. The highest BCUT2D eigenvalue weighted by molar-refractivity contribution is 6.32. The molecule has 0 saturated heterocycles. The molecule has 3 N–H and O–H groups in total. The number of hydrogen-bond donors (Lipinski definition) is 2. The zero-order chi connectivity index (χ0) is 10.7. The Kier molecular flexibility index (Phi) is 6.03. The van der Waals surface area contributed by atoms with Crippen LogP contribution in [0.3, 0.4) is 0 Å². The van der Waals surface area contributed by atoms with Gasteiger partial charge < -0.3 is 10.8 Å². The quantitative estimate of drug-likeness (QED) is 0.863. The lowest BCUT2D eigenvalue weighted by atomic mass is 9.96. The molecular formula is C11H17Cl2NO. The molecule has 0 aliphatic carbocycles. The molecule has 1 rings (SSSR count). The number of nitrogens with two attached hydrogens (primary N) is 1. The lowest BCUT2D eigenvalue weighted by Crippen LogP contribution is -2.00. The third kappa shape index (κ3) is 3.26. The van der Waals surface area contributed by atoms with E-state index in [0.717, 1.165) is 12.0 Å². The van der Waals surface area contributed by atoms with E-state index in [1.54, 1.807) is 0 Å².